The van der Waals surface area contributed by atoms with Gasteiger partial charge < -0.3 is 10.6 Å². The Morgan fingerprint density at radius 3 is 2.31 bits per heavy atom. The number of aryl methyl sites for hydroxylation is 2. The maximum Gasteiger partial charge on any atom is 0.258 e. The molecule has 0 unspecified atom stereocenters. The number of para-hydroxylation sites is 1. The fraction of sp³-hybridized carbons (Fsp3) is 0.105. The summed E-state index contributed by atoms with van der Waals surface area (Å²) in [5.41, 5.74) is 3.73. The van der Waals surface area contributed by atoms with E-state index in [1.54, 1.807) is 18.2 Å². The smallest absolute Gasteiger partial charge is 0.258 e. The number of benzene rings is 2. The van der Waals surface area contributed by atoms with E-state index in [1.807, 2.05) is 32.0 Å². The zero-order valence-corrected chi connectivity index (χ0v) is 15.7. The van der Waals surface area contributed by atoms with Crippen molar-refractivity contribution in [1.82, 2.24) is 9.97 Å². The van der Waals surface area contributed by atoms with Gasteiger partial charge in [-0.15, -0.1) is 0 Å². The standard InChI is InChI=1S/C19H16Cl2N4O/c1-11-4-3-5-12(2)17(11)25-18(26)13-9-22-19(23-10-13)24-16-8-14(20)6-7-15(16)21/h3-10H,1-2H3,(H,25,26)(H,22,23,24). The molecule has 132 valence electrons. The van der Waals surface area contributed by atoms with E-state index in [2.05, 4.69) is 20.6 Å². The van der Waals surface area contributed by atoms with Crippen molar-refractivity contribution in [2.75, 3.05) is 10.6 Å². The first-order valence-electron chi connectivity index (χ1n) is 7.86. The van der Waals surface area contributed by atoms with Crippen molar-refractivity contribution in [3.05, 3.63) is 75.5 Å². The fourth-order valence-electron chi connectivity index (χ4n) is 2.42. The Kier molecular flexibility index (Phi) is 5.40. The summed E-state index contributed by atoms with van der Waals surface area (Å²) >= 11 is 12.1. The molecule has 3 rings (SSSR count). The lowest BCUT2D eigenvalue weighted by molar-refractivity contribution is 0.102. The zero-order valence-electron chi connectivity index (χ0n) is 14.2. The molecule has 0 spiro atoms. The van der Waals surface area contributed by atoms with E-state index >= 15 is 0 Å². The molecule has 1 aromatic heterocycles. The number of amides is 1. The lowest BCUT2D eigenvalue weighted by Crippen LogP contribution is -2.14. The molecule has 1 heterocycles. The van der Waals surface area contributed by atoms with E-state index in [4.69, 9.17) is 23.2 Å². The highest BCUT2D eigenvalue weighted by molar-refractivity contribution is 6.35. The number of carbonyl (C=O) groups is 1. The van der Waals surface area contributed by atoms with Crippen LogP contribution >= 0.6 is 23.2 Å². The molecule has 0 fully saturated rings. The lowest BCUT2D eigenvalue weighted by atomic mass is 10.1. The highest BCUT2D eigenvalue weighted by Crippen LogP contribution is 2.27. The first kappa shape index (κ1) is 18.2. The van der Waals surface area contributed by atoms with Gasteiger partial charge in [0.05, 0.1) is 16.3 Å². The van der Waals surface area contributed by atoms with Crippen LogP contribution in [0.1, 0.15) is 21.5 Å². The Labute approximate surface area is 161 Å². The van der Waals surface area contributed by atoms with Crippen LogP contribution in [0.15, 0.2) is 48.8 Å². The van der Waals surface area contributed by atoms with Crippen LogP contribution in [-0.2, 0) is 0 Å². The van der Waals surface area contributed by atoms with E-state index in [1.165, 1.54) is 12.4 Å². The molecule has 0 bridgehead atoms. The quantitative estimate of drug-likeness (QED) is 0.629. The van der Waals surface area contributed by atoms with Crippen LogP contribution in [0.2, 0.25) is 10.0 Å². The van der Waals surface area contributed by atoms with Crippen LogP contribution in [-0.4, -0.2) is 15.9 Å². The number of carbonyl (C=O) groups excluding carboxylic acids is 1. The van der Waals surface area contributed by atoms with Gasteiger partial charge in [-0.3, -0.25) is 4.79 Å². The molecule has 0 saturated carbocycles. The minimum absolute atomic E-state index is 0.269. The Hall–Kier alpha value is -2.63. The monoisotopic (exact) mass is 386 g/mol. The van der Waals surface area contributed by atoms with Crippen LogP contribution < -0.4 is 10.6 Å². The zero-order chi connectivity index (χ0) is 18.7. The van der Waals surface area contributed by atoms with Gasteiger partial charge in [-0.1, -0.05) is 41.4 Å². The number of aromatic nitrogens is 2. The summed E-state index contributed by atoms with van der Waals surface area (Å²) in [5, 5.41) is 6.92. The molecule has 0 aliphatic rings. The third-order valence-electron chi connectivity index (χ3n) is 3.81. The highest BCUT2D eigenvalue weighted by atomic mass is 35.5. The molecular formula is C19H16Cl2N4O. The van der Waals surface area contributed by atoms with Crippen molar-refractivity contribution in [3.8, 4) is 0 Å². The SMILES string of the molecule is Cc1cccc(C)c1NC(=O)c1cnc(Nc2cc(Cl)ccc2Cl)nc1. The van der Waals surface area contributed by atoms with Crippen molar-refractivity contribution >= 4 is 46.4 Å². The molecule has 0 saturated heterocycles. The van der Waals surface area contributed by atoms with E-state index in [-0.39, 0.29) is 5.91 Å². The number of anilines is 3. The van der Waals surface area contributed by atoms with Crippen LogP contribution in [0.5, 0.6) is 0 Å². The fourth-order valence-corrected chi connectivity index (χ4v) is 2.76. The van der Waals surface area contributed by atoms with Crippen molar-refractivity contribution in [2.24, 2.45) is 0 Å². The minimum atomic E-state index is -0.269. The molecule has 7 heteroatoms. The molecule has 0 aliphatic carbocycles. The topological polar surface area (TPSA) is 66.9 Å². The third kappa shape index (κ3) is 4.12. The van der Waals surface area contributed by atoms with E-state index in [0.29, 0.717) is 27.2 Å². The molecule has 0 atom stereocenters. The molecule has 3 aromatic rings. The van der Waals surface area contributed by atoms with Crippen LogP contribution in [0.4, 0.5) is 17.3 Å². The Morgan fingerprint density at radius 1 is 1.00 bits per heavy atom. The second-order valence-electron chi connectivity index (χ2n) is 5.77. The average molecular weight is 387 g/mol. The van der Waals surface area contributed by atoms with E-state index in [0.717, 1.165) is 16.8 Å². The summed E-state index contributed by atoms with van der Waals surface area (Å²) in [7, 11) is 0. The first-order chi connectivity index (χ1) is 12.4. The summed E-state index contributed by atoms with van der Waals surface area (Å²) in [4.78, 5) is 20.8. The highest BCUT2D eigenvalue weighted by Gasteiger charge is 2.11. The Bertz CT molecular complexity index is 938. The van der Waals surface area contributed by atoms with Gasteiger partial charge in [0.1, 0.15) is 0 Å². The van der Waals surface area contributed by atoms with Gasteiger partial charge in [0.2, 0.25) is 5.95 Å². The maximum absolute atomic E-state index is 12.4. The molecule has 1 amide bonds. The normalized spacial score (nSPS) is 10.5. The Balaban J connectivity index is 1.75. The molecule has 2 N–H and O–H groups in total. The second-order valence-corrected chi connectivity index (χ2v) is 6.61. The molecule has 0 aliphatic heterocycles. The third-order valence-corrected chi connectivity index (χ3v) is 4.37. The molecular weight excluding hydrogens is 371 g/mol. The number of hydrogen-bond acceptors (Lipinski definition) is 4. The summed E-state index contributed by atoms with van der Waals surface area (Å²) in [6.07, 6.45) is 2.91. The first-order valence-corrected chi connectivity index (χ1v) is 8.61. The van der Waals surface area contributed by atoms with Gasteiger partial charge in [-0.2, -0.15) is 0 Å². The lowest BCUT2D eigenvalue weighted by Gasteiger charge is -2.11. The average Bonchev–Trinajstić information content (AvgIpc) is 2.62. The maximum atomic E-state index is 12.4. The number of nitrogens with one attached hydrogen (secondary N) is 2. The summed E-state index contributed by atoms with van der Waals surface area (Å²) in [6.45, 7) is 3.89. The minimum Gasteiger partial charge on any atom is -0.323 e. The van der Waals surface area contributed by atoms with Gasteiger partial charge in [0, 0.05) is 23.1 Å². The van der Waals surface area contributed by atoms with E-state index in [9.17, 15) is 4.79 Å². The largest absolute Gasteiger partial charge is 0.323 e. The second kappa shape index (κ2) is 7.72. The predicted molar refractivity (Wildman–Crippen MR) is 106 cm³/mol. The van der Waals surface area contributed by atoms with Crippen LogP contribution in [0.3, 0.4) is 0 Å². The van der Waals surface area contributed by atoms with Gasteiger partial charge in [0.25, 0.3) is 5.91 Å². The number of halogens is 2. The predicted octanol–water partition coefficient (Wildman–Crippen LogP) is 5.40. The summed E-state index contributed by atoms with van der Waals surface area (Å²) < 4.78 is 0. The number of rotatable bonds is 4. The van der Waals surface area contributed by atoms with E-state index < -0.39 is 0 Å². The van der Waals surface area contributed by atoms with Gasteiger partial charge >= 0.3 is 0 Å². The Morgan fingerprint density at radius 2 is 1.65 bits per heavy atom. The summed E-state index contributed by atoms with van der Waals surface area (Å²) in [5.74, 6) is 0.0486. The van der Waals surface area contributed by atoms with Crippen molar-refractivity contribution in [2.45, 2.75) is 13.8 Å². The van der Waals surface area contributed by atoms with Gasteiger partial charge in [-0.05, 0) is 43.2 Å². The van der Waals surface area contributed by atoms with Crippen molar-refractivity contribution in [1.29, 1.82) is 0 Å². The van der Waals surface area contributed by atoms with Crippen LogP contribution in [0, 0.1) is 13.8 Å². The van der Waals surface area contributed by atoms with Crippen molar-refractivity contribution < 1.29 is 4.79 Å². The molecule has 2 aromatic carbocycles. The van der Waals surface area contributed by atoms with Gasteiger partial charge in [0.15, 0.2) is 0 Å². The summed E-state index contributed by atoms with van der Waals surface area (Å²) in [6, 6.07) is 10.9. The number of hydrogen-bond donors (Lipinski definition) is 2. The molecule has 26 heavy (non-hydrogen) atoms. The number of nitrogens with zero attached hydrogens (tertiary/aromatic N) is 2. The molecule has 5 nitrogen and oxygen atoms in total. The molecule has 0 radical (unpaired) electrons. The van der Waals surface area contributed by atoms with Crippen molar-refractivity contribution in [3.63, 3.8) is 0 Å². The van der Waals surface area contributed by atoms with Crippen LogP contribution in [0.25, 0.3) is 0 Å². The van der Waals surface area contributed by atoms with Gasteiger partial charge in [-0.25, -0.2) is 9.97 Å².